The van der Waals surface area contributed by atoms with E-state index >= 15 is 0 Å². The van der Waals surface area contributed by atoms with E-state index < -0.39 is 0 Å². The first-order chi connectivity index (χ1) is 7.34. The van der Waals surface area contributed by atoms with Crippen molar-refractivity contribution in [3.63, 3.8) is 0 Å². The molecule has 15 heavy (non-hydrogen) atoms. The van der Waals surface area contributed by atoms with Crippen LogP contribution in [0.25, 0.3) is 11.0 Å². The topological polar surface area (TPSA) is 44.8 Å². The monoisotopic (exact) mass is 202 g/mol. The Labute approximate surface area is 88.3 Å². The molecule has 1 N–H and O–H groups in total. The van der Waals surface area contributed by atoms with Crippen molar-refractivity contribution in [3.05, 3.63) is 18.0 Å². The molecule has 0 unspecified atom stereocenters. The molecule has 0 atom stereocenters. The third kappa shape index (κ3) is 1.37. The summed E-state index contributed by atoms with van der Waals surface area (Å²) in [6, 6.07) is 2.03. The third-order valence-electron chi connectivity index (χ3n) is 2.98. The largest absolute Gasteiger partial charge is 0.346 e. The van der Waals surface area contributed by atoms with Crippen molar-refractivity contribution < 1.29 is 0 Å². The SMILES string of the molecule is Cc1nc(N2CCCC2)nc2[nH]ccc12. The van der Waals surface area contributed by atoms with Crippen LogP contribution in [0.4, 0.5) is 5.95 Å². The first-order valence-electron chi connectivity index (χ1n) is 5.41. The molecule has 1 saturated heterocycles. The fourth-order valence-corrected chi connectivity index (χ4v) is 2.14. The second kappa shape index (κ2) is 3.22. The lowest BCUT2D eigenvalue weighted by Gasteiger charge is -2.15. The van der Waals surface area contributed by atoms with E-state index in [2.05, 4.69) is 19.9 Å². The number of rotatable bonds is 1. The molecule has 1 aliphatic rings. The van der Waals surface area contributed by atoms with Gasteiger partial charge in [-0.15, -0.1) is 0 Å². The minimum atomic E-state index is 0.875. The summed E-state index contributed by atoms with van der Waals surface area (Å²) in [4.78, 5) is 14.5. The van der Waals surface area contributed by atoms with Crippen molar-refractivity contribution in [3.8, 4) is 0 Å². The predicted octanol–water partition coefficient (Wildman–Crippen LogP) is 1.87. The quantitative estimate of drug-likeness (QED) is 0.767. The van der Waals surface area contributed by atoms with Crippen LogP contribution in [0.1, 0.15) is 18.5 Å². The van der Waals surface area contributed by atoms with Gasteiger partial charge in [0.05, 0.1) is 5.69 Å². The first kappa shape index (κ1) is 8.71. The molecule has 78 valence electrons. The van der Waals surface area contributed by atoms with Crippen LogP contribution in [-0.2, 0) is 0 Å². The van der Waals surface area contributed by atoms with E-state index in [1.54, 1.807) is 0 Å². The van der Waals surface area contributed by atoms with Crippen LogP contribution in [-0.4, -0.2) is 28.0 Å². The molecule has 3 heterocycles. The van der Waals surface area contributed by atoms with Gasteiger partial charge in [0.1, 0.15) is 5.65 Å². The number of hydrogen-bond donors (Lipinski definition) is 1. The van der Waals surface area contributed by atoms with Crippen LogP contribution in [0.15, 0.2) is 12.3 Å². The molecule has 0 aromatic carbocycles. The van der Waals surface area contributed by atoms with Gasteiger partial charge in [0, 0.05) is 24.7 Å². The molecule has 2 aromatic rings. The van der Waals surface area contributed by atoms with Crippen LogP contribution in [0.2, 0.25) is 0 Å². The Kier molecular flexibility index (Phi) is 1.87. The van der Waals surface area contributed by atoms with Gasteiger partial charge in [-0.1, -0.05) is 0 Å². The number of nitrogens with zero attached hydrogens (tertiary/aromatic N) is 3. The molecule has 0 amide bonds. The van der Waals surface area contributed by atoms with Gasteiger partial charge in [-0.2, -0.15) is 4.98 Å². The smallest absolute Gasteiger partial charge is 0.227 e. The van der Waals surface area contributed by atoms with E-state index in [0.717, 1.165) is 35.8 Å². The van der Waals surface area contributed by atoms with Crippen LogP contribution in [0.3, 0.4) is 0 Å². The number of aryl methyl sites for hydroxylation is 1. The number of H-pyrrole nitrogens is 1. The van der Waals surface area contributed by atoms with E-state index in [-0.39, 0.29) is 0 Å². The van der Waals surface area contributed by atoms with Crippen LogP contribution >= 0.6 is 0 Å². The summed E-state index contributed by atoms with van der Waals surface area (Å²) >= 11 is 0. The maximum Gasteiger partial charge on any atom is 0.227 e. The summed E-state index contributed by atoms with van der Waals surface area (Å²) in [7, 11) is 0. The minimum Gasteiger partial charge on any atom is -0.346 e. The summed E-state index contributed by atoms with van der Waals surface area (Å²) < 4.78 is 0. The number of nitrogens with one attached hydrogen (secondary N) is 1. The Morgan fingerprint density at radius 3 is 2.87 bits per heavy atom. The summed E-state index contributed by atoms with van der Waals surface area (Å²) in [6.07, 6.45) is 4.43. The van der Waals surface area contributed by atoms with Gasteiger partial charge in [0.15, 0.2) is 0 Å². The molecule has 0 bridgehead atoms. The highest BCUT2D eigenvalue weighted by molar-refractivity contribution is 5.78. The standard InChI is InChI=1S/C11H14N4/c1-8-9-4-5-12-10(9)14-11(13-8)15-6-2-3-7-15/h4-5H,2-3,6-7H2,1H3,(H,12,13,14). The lowest BCUT2D eigenvalue weighted by atomic mass is 10.3. The molecular weight excluding hydrogens is 188 g/mol. The normalized spacial score (nSPS) is 16.5. The fourth-order valence-electron chi connectivity index (χ4n) is 2.14. The van der Waals surface area contributed by atoms with E-state index in [1.807, 2.05) is 19.2 Å². The highest BCUT2D eigenvalue weighted by Crippen LogP contribution is 2.20. The summed E-state index contributed by atoms with van der Waals surface area (Å²) in [6.45, 7) is 4.22. The van der Waals surface area contributed by atoms with Gasteiger partial charge >= 0.3 is 0 Å². The van der Waals surface area contributed by atoms with Crippen molar-refractivity contribution in [2.45, 2.75) is 19.8 Å². The van der Waals surface area contributed by atoms with Crippen molar-refractivity contribution >= 4 is 17.0 Å². The van der Waals surface area contributed by atoms with Gasteiger partial charge in [-0.3, -0.25) is 0 Å². The molecule has 4 nitrogen and oxygen atoms in total. The molecule has 3 rings (SSSR count). The second-order valence-corrected chi connectivity index (χ2v) is 4.04. The maximum atomic E-state index is 4.55. The minimum absolute atomic E-state index is 0.875. The van der Waals surface area contributed by atoms with Crippen molar-refractivity contribution in [2.75, 3.05) is 18.0 Å². The summed E-state index contributed by atoms with van der Waals surface area (Å²) in [5, 5.41) is 1.12. The molecule has 2 aromatic heterocycles. The summed E-state index contributed by atoms with van der Waals surface area (Å²) in [5.74, 6) is 0.875. The Balaban J connectivity index is 2.11. The molecule has 4 heteroatoms. The zero-order valence-electron chi connectivity index (χ0n) is 8.82. The Morgan fingerprint density at radius 1 is 1.27 bits per heavy atom. The van der Waals surface area contributed by atoms with E-state index in [1.165, 1.54) is 12.8 Å². The molecule has 0 saturated carbocycles. The van der Waals surface area contributed by atoms with Crippen molar-refractivity contribution in [1.29, 1.82) is 0 Å². The molecule has 0 aliphatic carbocycles. The average Bonchev–Trinajstić information content (AvgIpc) is 2.88. The fraction of sp³-hybridized carbons (Fsp3) is 0.455. The van der Waals surface area contributed by atoms with Gasteiger partial charge in [0.25, 0.3) is 0 Å². The molecule has 1 aliphatic heterocycles. The highest BCUT2D eigenvalue weighted by Gasteiger charge is 2.16. The molecular formula is C11H14N4. The van der Waals surface area contributed by atoms with Crippen molar-refractivity contribution in [2.24, 2.45) is 0 Å². The van der Waals surface area contributed by atoms with Crippen LogP contribution < -0.4 is 4.90 Å². The van der Waals surface area contributed by atoms with E-state index in [4.69, 9.17) is 0 Å². The number of hydrogen-bond acceptors (Lipinski definition) is 3. The number of anilines is 1. The van der Waals surface area contributed by atoms with Crippen molar-refractivity contribution in [1.82, 2.24) is 15.0 Å². The van der Waals surface area contributed by atoms with Gasteiger partial charge < -0.3 is 9.88 Å². The second-order valence-electron chi connectivity index (χ2n) is 4.04. The van der Waals surface area contributed by atoms with E-state index in [9.17, 15) is 0 Å². The molecule has 1 fully saturated rings. The van der Waals surface area contributed by atoms with Gasteiger partial charge in [0.2, 0.25) is 5.95 Å². The average molecular weight is 202 g/mol. The number of fused-ring (bicyclic) bond motifs is 1. The van der Waals surface area contributed by atoms with Crippen LogP contribution in [0.5, 0.6) is 0 Å². The van der Waals surface area contributed by atoms with E-state index in [0.29, 0.717) is 0 Å². The number of aromatic nitrogens is 3. The Morgan fingerprint density at radius 2 is 2.07 bits per heavy atom. The zero-order valence-corrected chi connectivity index (χ0v) is 8.82. The van der Waals surface area contributed by atoms with Gasteiger partial charge in [-0.25, -0.2) is 4.98 Å². The van der Waals surface area contributed by atoms with Gasteiger partial charge in [-0.05, 0) is 25.8 Å². The third-order valence-corrected chi connectivity index (χ3v) is 2.98. The Hall–Kier alpha value is -1.58. The lowest BCUT2D eigenvalue weighted by molar-refractivity contribution is 0.898. The van der Waals surface area contributed by atoms with Crippen LogP contribution in [0, 0.1) is 6.92 Å². The zero-order chi connectivity index (χ0) is 10.3. The maximum absolute atomic E-state index is 4.55. The summed E-state index contributed by atoms with van der Waals surface area (Å²) in [5.41, 5.74) is 2.01. The number of aromatic amines is 1. The molecule has 0 spiro atoms. The Bertz CT molecular complexity index is 482. The molecule has 0 radical (unpaired) electrons. The lowest BCUT2D eigenvalue weighted by Crippen LogP contribution is -2.20. The highest BCUT2D eigenvalue weighted by atomic mass is 15.3. The predicted molar refractivity (Wildman–Crippen MR) is 60.1 cm³/mol. The first-order valence-corrected chi connectivity index (χ1v) is 5.41.